The number of hydrogen-bond acceptors (Lipinski definition) is 4. The van der Waals surface area contributed by atoms with Crippen LogP contribution in [0.25, 0.3) is 0 Å². The number of rotatable bonds is 4. The monoisotopic (exact) mass is 492 g/mol. The van der Waals surface area contributed by atoms with E-state index in [0.29, 0.717) is 0 Å². The predicted octanol–water partition coefficient (Wildman–Crippen LogP) is 5.89. The van der Waals surface area contributed by atoms with Gasteiger partial charge < -0.3 is 10.2 Å². The molecule has 0 aliphatic carbocycles. The van der Waals surface area contributed by atoms with E-state index in [0.717, 1.165) is 24.3 Å². The SMILES string of the molecule is O=S(=O)(O)C(c1ccccc1)(c1c(Cl)cc(O)cc1Cl)c1c(Cl)cc(O)cc1Cl. The number of phenolic OH excluding ortho intramolecular Hbond substituents is 2. The molecule has 0 unspecified atom stereocenters. The Hall–Kier alpha value is -1.67. The van der Waals surface area contributed by atoms with E-state index in [1.54, 1.807) is 18.2 Å². The van der Waals surface area contributed by atoms with E-state index in [-0.39, 0.29) is 48.3 Å². The second-order valence-corrected chi connectivity index (χ2v) is 9.28. The van der Waals surface area contributed by atoms with Crippen LogP contribution in [-0.4, -0.2) is 23.2 Å². The van der Waals surface area contributed by atoms with Crippen molar-refractivity contribution in [3.63, 3.8) is 0 Å². The van der Waals surface area contributed by atoms with Crippen LogP contribution in [0.5, 0.6) is 11.5 Å². The van der Waals surface area contributed by atoms with Crippen LogP contribution in [0.15, 0.2) is 54.6 Å². The van der Waals surface area contributed by atoms with Gasteiger partial charge in [-0.2, -0.15) is 8.42 Å². The lowest BCUT2D eigenvalue weighted by atomic mass is 9.83. The molecule has 0 amide bonds. The van der Waals surface area contributed by atoms with Gasteiger partial charge in [0.05, 0.1) is 20.1 Å². The van der Waals surface area contributed by atoms with Crippen LogP contribution in [0.1, 0.15) is 16.7 Å². The lowest BCUT2D eigenvalue weighted by Crippen LogP contribution is -2.39. The molecule has 0 bridgehead atoms. The average Bonchev–Trinajstić information content (AvgIpc) is 2.58. The van der Waals surface area contributed by atoms with Gasteiger partial charge in [-0.15, -0.1) is 0 Å². The highest BCUT2D eigenvalue weighted by molar-refractivity contribution is 7.87. The molecule has 0 spiro atoms. The van der Waals surface area contributed by atoms with Crippen LogP contribution in [0.3, 0.4) is 0 Å². The molecule has 0 fully saturated rings. The third-order valence-electron chi connectivity index (χ3n) is 4.33. The van der Waals surface area contributed by atoms with Crippen LogP contribution < -0.4 is 0 Å². The zero-order chi connectivity index (χ0) is 21.6. The number of hydrogen-bond donors (Lipinski definition) is 3. The maximum absolute atomic E-state index is 13.0. The van der Waals surface area contributed by atoms with E-state index >= 15 is 0 Å². The van der Waals surface area contributed by atoms with Crippen molar-refractivity contribution in [2.24, 2.45) is 0 Å². The minimum atomic E-state index is -5.10. The maximum Gasteiger partial charge on any atom is 0.283 e. The van der Waals surface area contributed by atoms with Gasteiger partial charge >= 0.3 is 0 Å². The van der Waals surface area contributed by atoms with Gasteiger partial charge in [-0.05, 0) is 29.8 Å². The molecular formula is C19H12Cl4O5S. The summed E-state index contributed by atoms with van der Waals surface area (Å²) in [6.07, 6.45) is 0. The van der Waals surface area contributed by atoms with Crippen LogP contribution in [-0.2, 0) is 14.9 Å². The molecule has 0 aliphatic heterocycles. The molecule has 3 aromatic rings. The Morgan fingerprint density at radius 2 is 1.03 bits per heavy atom. The first kappa shape index (κ1) is 22.0. The van der Waals surface area contributed by atoms with Gasteiger partial charge in [0, 0.05) is 11.1 Å². The normalized spacial score (nSPS) is 12.2. The van der Waals surface area contributed by atoms with Crippen molar-refractivity contribution in [3.05, 3.63) is 91.4 Å². The summed E-state index contributed by atoms with van der Waals surface area (Å²) in [5.74, 6) is -0.632. The molecule has 5 nitrogen and oxygen atoms in total. The fraction of sp³-hybridized carbons (Fsp3) is 0.0526. The number of aromatic hydroxyl groups is 2. The van der Waals surface area contributed by atoms with Crippen molar-refractivity contribution in [1.82, 2.24) is 0 Å². The van der Waals surface area contributed by atoms with E-state index in [1.807, 2.05) is 0 Å². The minimum absolute atomic E-state index is 0.0338. The standard InChI is InChI=1S/C19H12Cl4O5S/c20-13-6-11(24)7-14(21)17(13)19(29(26,27)28,10-4-2-1-3-5-10)18-15(22)8-12(25)9-16(18)23/h1-9,24-25H,(H,26,27,28). The second kappa shape index (κ2) is 7.87. The number of halogens is 4. The Balaban J connectivity index is 2.67. The topological polar surface area (TPSA) is 94.8 Å². The Bertz CT molecular complexity index is 1090. The summed E-state index contributed by atoms with van der Waals surface area (Å²) in [6.45, 7) is 0. The van der Waals surface area contributed by atoms with E-state index in [2.05, 4.69) is 0 Å². The quantitative estimate of drug-likeness (QED) is 0.311. The predicted molar refractivity (Wildman–Crippen MR) is 114 cm³/mol. The molecule has 0 aromatic heterocycles. The summed E-state index contributed by atoms with van der Waals surface area (Å²) in [7, 11) is -5.10. The first-order valence-electron chi connectivity index (χ1n) is 7.89. The van der Waals surface area contributed by atoms with E-state index in [4.69, 9.17) is 46.4 Å². The molecule has 0 saturated heterocycles. The summed E-state index contributed by atoms with van der Waals surface area (Å²) < 4.78 is 34.1. The summed E-state index contributed by atoms with van der Waals surface area (Å²) >= 11 is 25.2. The van der Waals surface area contributed by atoms with Gasteiger partial charge in [-0.25, -0.2) is 0 Å². The number of phenols is 2. The van der Waals surface area contributed by atoms with E-state index < -0.39 is 14.9 Å². The maximum atomic E-state index is 13.0. The summed E-state index contributed by atoms with van der Waals surface area (Å²) in [5, 5.41) is 18.6. The van der Waals surface area contributed by atoms with Crippen molar-refractivity contribution >= 4 is 56.5 Å². The largest absolute Gasteiger partial charge is 0.508 e. The molecule has 152 valence electrons. The van der Waals surface area contributed by atoms with E-state index in [1.165, 1.54) is 12.1 Å². The molecule has 3 rings (SSSR count). The van der Waals surface area contributed by atoms with Crippen molar-refractivity contribution in [1.29, 1.82) is 0 Å². The molecule has 10 heteroatoms. The highest BCUT2D eigenvalue weighted by Gasteiger charge is 2.53. The van der Waals surface area contributed by atoms with Gasteiger partial charge in [0.15, 0.2) is 4.75 Å². The molecule has 0 heterocycles. The molecule has 29 heavy (non-hydrogen) atoms. The molecule has 3 N–H and O–H groups in total. The summed E-state index contributed by atoms with van der Waals surface area (Å²) in [6, 6.07) is 11.9. The van der Waals surface area contributed by atoms with Gasteiger partial charge in [-0.1, -0.05) is 76.7 Å². The molecule has 0 aliphatic rings. The number of benzene rings is 3. The highest BCUT2D eigenvalue weighted by Crippen LogP contribution is 2.53. The minimum Gasteiger partial charge on any atom is -0.508 e. The molecule has 3 aromatic carbocycles. The van der Waals surface area contributed by atoms with Crippen molar-refractivity contribution in [2.45, 2.75) is 4.75 Å². The Labute approximate surface area is 186 Å². The van der Waals surface area contributed by atoms with Crippen LogP contribution in [0, 0.1) is 0 Å². The summed E-state index contributed by atoms with van der Waals surface area (Å²) in [4.78, 5) is 0. The molecule has 0 atom stereocenters. The summed E-state index contributed by atoms with van der Waals surface area (Å²) in [5.41, 5.74) is -0.491. The fourth-order valence-corrected chi connectivity index (χ4v) is 6.42. The Morgan fingerprint density at radius 1 is 0.690 bits per heavy atom. The van der Waals surface area contributed by atoms with Crippen LogP contribution >= 0.6 is 46.4 Å². The van der Waals surface area contributed by atoms with Gasteiger partial charge in [-0.3, -0.25) is 4.55 Å². The first-order valence-corrected chi connectivity index (χ1v) is 10.8. The fourth-order valence-electron chi connectivity index (χ4n) is 3.29. The average molecular weight is 494 g/mol. The lowest BCUT2D eigenvalue weighted by molar-refractivity contribution is 0.456. The third kappa shape index (κ3) is 3.65. The van der Waals surface area contributed by atoms with Gasteiger partial charge in [0.2, 0.25) is 0 Å². The van der Waals surface area contributed by atoms with Crippen molar-refractivity contribution in [3.8, 4) is 11.5 Å². The van der Waals surface area contributed by atoms with Gasteiger partial charge in [0.25, 0.3) is 10.1 Å². The zero-order valence-corrected chi connectivity index (χ0v) is 18.1. The lowest BCUT2D eigenvalue weighted by Gasteiger charge is -2.35. The highest BCUT2D eigenvalue weighted by atomic mass is 35.5. The smallest absolute Gasteiger partial charge is 0.283 e. The van der Waals surface area contributed by atoms with Crippen LogP contribution in [0.4, 0.5) is 0 Å². The first-order chi connectivity index (χ1) is 13.5. The van der Waals surface area contributed by atoms with E-state index in [9.17, 15) is 23.2 Å². The second-order valence-electron chi connectivity index (χ2n) is 6.09. The molecular weight excluding hydrogens is 482 g/mol. The van der Waals surface area contributed by atoms with Gasteiger partial charge in [0.1, 0.15) is 11.5 Å². The van der Waals surface area contributed by atoms with Crippen molar-refractivity contribution < 1.29 is 23.2 Å². The zero-order valence-electron chi connectivity index (χ0n) is 14.3. The molecule has 0 saturated carbocycles. The molecule has 0 radical (unpaired) electrons. The van der Waals surface area contributed by atoms with Crippen molar-refractivity contribution in [2.75, 3.05) is 0 Å². The third-order valence-corrected chi connectivity index (χ3v) is 6.94. The Kier molecular flexibility index (Phi) is 5.98. The Morgan fingerprint density at radius 3 is 1.34 bits per heavy atom. The van der Waals surface area contributed by atoms with Crippen LogP contribution in [0.2, 0.25) is 20.1 Å².